The van der Waals surface area contributed by atoms with E-state index in [1.807, 2.05) is 11.3 Å². The minimum Gasteiger partial charge on any atom is -0.330 e. The molecule has 3 heteroatoms. The van der Waals surface area contributed by atoms with Gasteiger partial charge in [-0.3, -0.25) is 4.90 Å². The van der Waals surface area contributed by atoms with Crippen molar-refractivity contribution >= 4 is 11.3 Å². The van der Waals surface area contributed by atoms with Gasteiger partial charge in [-0.2, -0.15) is 0 Å². The number of rotatable bonds is 6. The van der Waals surface area contributed by atoms with E-state index in [4.69, 9.17) is 5.73 Å². The van der Waals surface area contributed by atoms with E-state index in [1.165, 1.54) is 37.1 Å². The van der Waals surface area contributed by atoms with E-state index in [1.54, 1.807) is 0 Å². The van der Waals surface area contributed by atoms with Crippen LogP contribution >= 0.6 is 11.3 Å². The molecule has 0 atom stereocenters. The van der Waals surface area contributed by atoms with Crippen LogP contribution in [-0.4, -0.2) is 24.5 Å². The molecule has 2 nitrogen and oxygen atoms in total. The van der Waals surface area contributed by atoms with Gasteiger partial charge in [-0.1, -0.05) is 32.8 Å². The zero-order valence-corrected chi connectivity index (χ0v) is 13.2. The van der Waals surface area contributed by atoms with Crippen molar-refractivity contribution in [1.82, 2.24) is 4.90 Å². The number of hydrogen-bond donors (Lipinski definition) is 1. The molecule has 1 aliphatic carbocycles. The Morgan fingerprint density at radius 1 is 1.42 bits per heavy atom. The molecule has 0 spiro atoms. The molecular formula is C16H28N2S. The molecule has 1 aromatic rings. The quantitative estimate of drug-likeness (QED) is 0.860. The largest absolute Gasteiger partial charge is 0.330 e. The highest BCUT2D eigenvalue weighted by atomic mass is 32.1. The molecule has 0 radical (unpaired) electrons. The third kappa shape index (κ3) is 4.04. The molecule has 1 saturated carbocycles. The highest BCUT2D eigenvalue weighted by molar-refractivity contribution is 7.09. The maximum Gasteiger partial charge on any atom is 0.0328 e. The second-order valence-corrected chi connectivity index (χ2v) is 7.30. The molecule has 19 heavy (non-hydrogen) atoms. The maximum absolute atomic E-state index is 6.14. The van der Waals surface area contributed by atoms with Crippen LogP contribution in [-0.2, 0) is 6.54 Å². The fraction of sp³-hybridized carbons (Fsp3) is 0.750. The van der Waals surface area contributed by atoms with Gasteiger partial charge >= 0.3 is 0 Å². The van der Waals surface area contributed by atoms with Gasteiger partial charge in [-0.15, -0.1) is 11.3 Å². The van der Waals surface area contributed by atoms with Crippen LogP contribution < -0.4 is 5.73 Å². The van der Waals surface area contributed by atoms with Crippen LogP contribution in [0.4, 0.5) is 0 Å². The number of nitrogens with zero attached hydrogens (tertiary/aromatic N) is 1. The molecule has 0 amide bonds. The van der Waals surface area contributed by atoms with E-state index in [-0.39, 0.29) is 0 Å². The summed E-state index contributed by atoms with van der Waals surface area (Å²) in [5, 5.41) is 2.17. The first-order valence-electron chi connectivity index (χ1n) is 7.62. The summed E-state index contributed by atoms with van der Waals surface area (Å²) in [6, 6.07) is 4.39. The lowest BCUT2D eigenvalue weighted by Crippen LogP contribution is -2.44. The van der Waals surface area contributed by atoms with Crippen molar-refractivity contribution in [3.63, 3.8) is 0 Å². The Kier molecular flexibility index (Phi) is 5.43. The highest BCUT2D eigenvalue weighted by Gasteiger charge is 2.34. The Labute approximate surface area is 122 Å². The average molecular weight is 280 g/mol. The SMILES string of the molecule is CCN(Cc1cccs1)CC1(CN)CCC(C)CC1. The Morgan fingerprint density at radius 2 is 2.16 bits per heavy atom. The molecule has 1 fully saturated rings. The van der Waals surface area contributed by atoms with Gasteiger partial charge in [0.25, 0.3) is 0 Å². The normalized spacial score (nSPS) is 27.9. The van der Waals surface area contributed by atoms with Gasteiger partial charge in [0, 0.05) is 18.0 Å². The van der Waals surface area contributed by atoms with Gasteiger partial charge in [0.1, 0.15) is 0 Å². The Bertz CT molecular complexity index is 353. The summed E-state index contributed by atoms with van der Waals surface area (Å²) in [6.45, 7) is 8.87. The summed E-state index contributed by atoms with van der Waals surface area (Å²) >= 11 is 1.86. The predicted octanol–water partition coefficient (Wildman–Crippen LogP) is 3.73. The molecule has 2 N–H and O–H groups in total. The predicted molar refractivity (Wildman–Crippen MR) is 84.4 cm³/mol. The van der Waals surface area contributed by atoms with Crippen LogP contribution in [0.2, 0.25) is 0 Å². The van der Waals surface area contributed by atoms with Crippen molar-refractivity contribution in [1.29, 1.82) is 0 Å². The van der Waals surface area contributed by atoms with Gasteiger partial charge in [0.2, 0.25) is 0 Å². The minimum atomic E-state index is 0.375. The Hall–Kier alpha value is -0.380. The summed E-state index contributed by atoms with van der Waals surface area (Å²) in [6.07, 6.45) is 5.33. The van der Waals surface area contributed by atoms with Crippen molar-refractivity contribution < 1.29 is 0 Å². The van der Waals surface area contributed by atoms with Gasteiger partial charge < -0.3 is 5.73 Å². The van der Waals surface area contributed by atoms with Gasteiger partial charge in [0.05, 0.1) is 0 Å². The van der Waals surface area contributed by atoms with E-state index < -0.39 is 0 Å². The third-order valence-corrected chi connectivity index (χ3v) is 5.59. The van der Waals surface area contributed by atoms with Crippen LogP contribution in [0.15, 0.2) is 17.5 Å². The van der Waals surface area contributed by atoms with Gasteiger partial charge in [-0.25, -0.2) is 0 Å². The monoisotopic (exact) mass is 280 g/mol. The topological polar surface area (TPSA) is 29.3 Å². The molecule has 1 heterocycles. The lowest BCUT2D eigenvalue weighted by molar-refractivity contribution is 0.0942. The summed E-state index contributed by atoms with van der Waals surface area (Å²) < 4.78 is 0. The first kappa shape index (κ1) is 15.0. The van der Waals surface area contributed by atoms with Crippen LogP contribution in [0.5, 0.6) is 0 Å². The van der Waals surface area contributed by atoms with Crippen molar-refractivity contribution in [2.75, 3.05) is 19.6 Å². The highest BCUT2D eigenvalue weighted by Crippen LogP contribution is 2.39. The summed E-state index contributed by atoms with van der Waals surface area (Å²) in [5.41, 5.74) is 6.51. The first-order valence-corrected chi connectivity index (χ1v) is 8.50. The Balaban J connectivity index is 1.95. The van der Waals surface area contributed by atoms with Crippen molar-refractivity contribution in [3.8, 4) is 0 Å². The summed E-state index contributed by atoms with van der Waals surface area (Å²) in [7, 11) is 0. The number of hydrogen-bond acceptors (Lipinski definition) is 3. The second kappa shape index (κ2) is 6.87. The minimum absolute atomic E-state index is 0.375. The smallest absolute Gasteiger partial charge is 0.0328 e. The van der Waals surface area contributed by atoms with Crippen LogP contribution in [0.3, 0.4) is 0 Å². The molecule has 0 aliphatic heterocycles. The standard InChI is InChI=1S/C16H28N2S/c1-3-18(11-15-5-4-10-19-15)13-16(12-17)8-6-14(2)7-9-16/h4-5,10,14H,3,6-9,11-13,17H2,1-2H3. The molecule has 0 unspecified atom stereocenters. The molecule has 108 valence electrons. The molecule has 1 aromatic heterocycles. The third-order valence-electron chi connectivity index (χ3n) is 4.73. The van der Waals surface area contributed by atoms with E-state index in [9.17, 15) is 0 Å². The zero-order chi connectivity index (χ0) is 13.7. The van der Waals surface area contributed by atoms with Gasteiger partial charge in [-0.05, 0) is 48.7 Å². The zero-order valence-electron chi connectivity index (χ0n) is 12.4. The number of thiophene rings is 1. The average Bonchev–Trinajstić information content (AvgIpc) is 2.94. The van der Waals surface area contributed by atoms with Crippen LogP contribution in [0.1, 0.15) is 44.4 Å². The fourth-order valence-corrected chi connectivity index (χ4v) is 3.92. The molecular weight excluding hydrogens is 252 g/mol. The van der Waals surface area contributed by atoms with Crippen molar-refractivity contribution in [2.45, 2.75) is 46.1 Å². The molecule has 1 aliphatic rings. The van der Waals surface area contributed by atoms with Crippen molar-refractivity contribution in [2.24, 2.45) is 17.1 Å². The second-order valence-electron chi connectivity index (χ2n) is 6.27. The summed E-state index contributed by atoms with van der Waals surface area (Å²) in [5.74, 6) is 0.895. The first-order chi connectivity index (χ1) is 9.17. The number of nitrogens with two attached hydrogens (primary N) is 1. The lowest BCUT2D eigenvalue weighted by atomic mass is 9.70. The maximum atomic E-state index is 6.14. The molecule has 0 saturated heterocycles. The molecule has 0 aromatic carbocycles. The molecule has 2 rings (SSSR count). The Morgan fingerprint density at radius 3 is 2.68 bits per heavy atom. The van der Waals surface area contributed by atoms with E-state index >= 15 is 0 Å². The van der Waals surface area contributed by atoms with Crippen LogP contribution in [0.25, 0.3) is 0 Å². The fourth-order valence-electron chi connectivity index (χ4n) is 3.18. The molecule has 0 bridgehead atoms. The van der Waals surface area contributed by atoms with Crippen LogP contribution in [0, 0.1) is 11.3 Å². The van der Waals surface area contributed by atoms with Gasteiger partial charge in [0.15, 0.2) is 0 Å². The lowest BCUT2D eigenvalue weighted by Gasteiger charge is -2.42. The van der Waals surface area contributed by atoms with E-state index in [0.717, 1.165) is 25.6 Å². The van der Waals surface area contributed by atoms with E-state index in [0.29, 0.717) is 5.41 Å². The summed E-state index contributed by atoms with van der Waals surface area (Å²) in [4.78, 5) is 4.05. The van der Waals surface area contributed by atoms with E-state index in [2.05, 4.69) is 36.3 Å². The van der Waals surface area contributed by atoms with Crippen molar-refractivity contribution in [3.05, 3.63) is 22.4 Å².